The van der Waals surface area contributed by atoms with Crippen molar-refractivity contribution < 1.29 is 0 Å². The molecule has 1 fully saturated rings. The quantitative estimate of drug-likeness (QED) is 0.916. The Kier molecular flexibility index (Phi) is 5.06. The minimum atomic E-state index is 0.564. The van der Waals surface area contributed by atoms with Crippen LogP contribution in [0.3, 0.4) is 0 Å². The normalized spacial score (nSPS) is 23.4. The van der Waals surface area contributed by atoms with Gasteiger partial charge in [-0.25, -0.2) is 4.98 Å². The molecule has 0 aromatic carbocycles. The number of halogens is 1. The van der Waals surface area contributed by atoms with E-state index in [0.29, 0.717) is 12.0 Å². The van der Waals surface area contributed by atoms with Gasteiger partial charge in [0.2, 0.25) is 0 Å². The van der Waals surface area contributed by atoms with Crippen LogP contribution >= 0.6 is 11.6 Å². The molecule has 1 N–H and O–H groups in total. The number of nitrogens with one attached hydrogen (secondary N) is 1. The molecule has 1 saturated carbocycles. The highest BCUT2D eigenvalue weighted by Gasteiger charge is 2.26. The number of anilines is 1. The first-order chi connectivity index (χ1) is 9.13. The van der Waals surface area contributed by atoms with Crippen LogP contribution in [0.4, 0.5) is 5.82 Å². The summed E-state index contributed by atoms with van der Waals surface area (Å²) >= 11 is 6.39. The predicted molar refractivity (Wildman–Crippen MR) is 81.8 cm³/mol. The largest absolute Gasteiger partial charge is 0.355 e. The number of pyridine rings is 1. The molecule has 0 spiro atoms. The monoisotopic (exact) mass is 281 g/mol. The van der Waals surface area contributed by atoms with Crippen LogP contribution in [-0.4, -0.2) is 25.1 Å². The SMILES string of the molecule is CNCc1cnc(N(C)C2CCCCC2C)c(Cl)c1. The van der Waals surface area contributed by atoms with E-state index in [0.717, 1.165) is 22.9 Å². The summed E-state index contributed by atoms with van der Waals surface area (Å²) in [6, 6.07) is 2.58. The maximum atomic E-state index is 6.39. The Balaban J connectivity index is 2.16. The third kappa shape index (κ3) is 3.40. The van der Waals surface area contributed by atoms with Gasteiger partial charge in [-0.15, -0.1) is 0 Å². The highest BCUT2D eigenvalue weighted by atomic mass is 35.5. The lowest BCUT2D eigenvalue weighted by Crippen LogP contribution is -2.39. The molecule has 0 radical (unpaired) electrons. The van der Waals surface area contributed by atoms with Crippen LogP contribution in [0.15, 0.2) is 12.3 Å². The van der Waals surface area contributed by atoms with Gasteiger partial charge < -0.3 is 10.2 Å². The van der Waals surface area contributed by atoms with E-state index < -0.39 is 0 Å². The minimum Gasteiger partial charge on any atom is -0.355 e. The van der Waals surface area contributed by atoms with Crippen LogP contribution in [-0.2, 0) is 6.54 Å². The zero-order valence-corrected chi connectivity index (χ0v) is 12.9. The van der Waals surface area contributed by atoms with E-state index in [1.807, 2.05) is 19.3 Å². The molecule has 0 aliphatic heterocycles. The lowest BCUT2D eigenvalue weighted by Gasteiger charge is -2.37. The predicted octanol–water partition coefficient (Wildman–Crippen LogP) is 3.47. The van der Waals surface area contributed by atoms with Crippen molar-refractivity contribution in [1.82, 2.24) is 10.3 Å². The number of aromatic nitrogens is 1. The lowest BCUT2D eigenvalue weighted by molar-refractivity contribution is 0.320. The fourth-order valence-corrected chi connectivity index (χ4v) is 3.38. The highest BCUT2D eigenvalue weighted by molar-refractivity contribution is 6.33. The van der Waals surface area contributed by atoms with E-state index in [2.05, 4.69) is 29.2 Å². The Bertz CT molecular complexity index is 422. The van der Waals surface area contributed by atoms with E-state index in [4.69, 9.17) is 11.6 Å². The second kappa shape index (κ2) is 6.58. The molecule has 0 amide bonds. The summed E-state index contributed by atoms with van der Waals surface area (Å²) in [4.78, 5) is 6.83. The molecule has 4 heteroatoms. The van der Waals surface area contributed by atoms with Crippen LogP contribution in [0.1, 0.15) is 38.2 Å². The number of hydrogen-bond donors (Lipinski definition) is 1. The van der Waals surface area contributed by atoms with Crippen molar-refractivity contribution in [2.75, 3.05) is 19.0 Å². The third-order valence-corrected chi connectivity index (χ3v) is 4.44. The number of rotatable bonds is 4. The molecule has 106 valence electrons. The van der Waals surface area contributed by atoms with Gasteiger partial charge in [0.05, 0.1) is 5.02 Å². The Labute approximate surface area is 121 Å². The first kappa shape index (κ1) is 14.6. The van der Waals surface area contributed by atoms with Gasteiger partial charge in [-0.05, 0) is 37.4 Å². The van der Waals surface area contributed by atoms with Crippen molar-refractivity contribution in [2.24, 2.45) is 5.92 Å². The van der Waals surface area contributed by atoms with E-state index >= 15 is 0 Å². The van der Waals surface area contributed by atoms with E-state index in [1.54, 1.807) is 0 Å². The molecule has 19 heavy (non-hydrogen) atoms. The fraction of sp³-hybridized carbons (Fsp3) is 0.667. The summed E-state index contributed by atoms with van der Waals surface area (Å²) in [6.45, 7) is 3.14. The molecule has 1 heterocycles. The van der Waals surface area contributed by atoms with Gasteiger partial charge in [0.15, 0.2) is 0 Å². The van der Waals surface area contributed by atoms with Crippen molar-refractivity contribution in [3.63, 3.8) is 0 Å². The molecular formula is C15H24ClN3. The minimum absolute atomic E-state index is 0.564. The van der Waals surface area contributed by atoms with Crippen molar-refractivity contribution in [3.05, 3.63) is 22.8 Å². The van der Waals surface area contributed by atoms with Crippen LogP contribution in [0.2, 0.25) is 5.02 Å². The number of hydrogen-bond acceptors (Lipinski definition) is 3. The highest BCUT2D eigenvalue weighted by Crippen LogP contribution is 2.32. The van der Waals surface area contributed by atoms with Gasteiger partial charge in [-0.3, -0.25) is 0 Å². The molecule has 0 bridgehead atoms. The van der Waals surface area contributed by atoms with Crippen molar-refractivity contribution >= 4 is 17.4 Å². The Morgan fingerprint density at radius 1 is 1.42 bits per heavy atom. The summed E-state index contributed by atoms with van der Waals surface area (Å²) in [7, 11) is 4.05. The van der Waals surface area contributed by atoms with E-state index in [9.17, 15) is 0 Å². The van der Waals surface area contributed by atoms with Crippen molar-refractivity contribution in [1.29, 1.82) is 0 Å². The van der Waals surface area contributed by atoms with Gasteiger partial charge in [0.1, 0.15) is 5.82 Å². The molecule has 0 saturated heterocycles. The van der Waals surface area contributed by atoms with Gasteiger partial charge in [-0.2, -0.15) is 0 Å². The van der Waals surface area contributed by atoms with Crippen molar-refractivity contribution in [3.8, 4) is 0 Å². The first-order valence-electron chi connectivity index (χ1n) is 7.15. The van der Waals surface area contributed by atoms with Crippen LogP contribution < -0.4 is 10.2 Å². The lowest BCUT2D eigenvalue weighted by atomic mass is 9.85. The average molecular weight is 282 g/mol. The van der Waals surface area contributed by atoms with E-state index in [1.165, 1.54) is 25.7 Å². The van der Waals surface area contributed by atoms with Gasteiger partial charge >= 0.3 is 0 Å². The van der Waals surface area contributed by atoms with Gasteiger partial charge in [0.25, 0.3) is 0 Å². The fourth-order valence-electron chi connectivity index (χ4n) is 3.06. The topological polar surface area (TPSA) is 28.2 Å². The molecule has 2 rings (SSSR count). The average Bonchev–Trinajstić information content (AvgIpc) is 2.39. The summed E-state index contributed by atoms with van der Waals surface area (Å²) in [5.74, 6) is 1.63. The first-order valence-corrected chi connectivity index (χ1v) is 7.53. The summed E-state index contributed by atoms with van der Waals surface area (Å²) in [6.07, 6.45) is 7.14. The zero-order valence-electron chi connectivity index (χ0n) is 12.1. The Morgan fingerprint density at radius 3 is 2.79 bits per heavy atom. The smallest absolute Gasteiger partial charge is 0.147 e. The Hall–Kier alpha value is -0.800. The maximum absolute atomic E-state index is 6.39. The van der Waals surface area contributed by atoms with E-state index in [-0.39, 0.29) is 0 Å². The molecule has 1 aliphatic carbocycles. The van der Waals surface area contributed by atoms with Gasteiger partial charge in [-0.1, -0.05) is 31.4 Å². The van der Waals surface area contributed by atoms with Crippen LogP contribution in [0, 0.1) is 5.92 Å². The molecule has 3 nitrogen and oxygen atoms in total. The molecule has 1 aromatic heterocycles. The summed E-state index contributed by atoms with van der Waals surface area (Å²) < 4.78 is 0. The van der Waals surface area contributed by atoms with Crippen LogP contribution in [0.5, 0.6) is 0 Å². The standard InChI is InChI=1S/C15H24ClN3/c1-11-6-4-5-7-14(11)19(3)15-13(16)8-12(9-17-2)10-18-15/h8,10-11,14,17H,4-7,9H2,1-3H3. The van der Waals surface area contributed by atoms with Gasteiger partial charge in [0, 0.05) is 25.8 Å². The maximum Gasteiger partial charge on any atom is 0.147 e. The summed E-state index contributed by atoms with van der Waals surface area (Å²) in [5.41, 5.74) is 1.13. The molecule has 1 aliphatic rings. The number of nitrogens with zero attached hydrogens (tertiary/aromatic N) is 2. The Morgan fingerprint density at radius 2 is 2.16 bits per heavy atom. The third-order valence-electron chi connectivity index (χ3n) is 4.16. The molecule has 2 unspecified atom stereocenters. The van der Waals surface area contributed by atoms with Crippen molar-refractivity contribution in [2.45, 2.75) is 45.2 Å². The molecule has 1 aromatic rings. The second-order valence-electron chi connectivity index (χ2n) is 5.62. The molecular weight excluding hydrogens is 258 g/mol. The van der Waals surface area contributed by atoms with Crippen LogP contribution in [0.25, 0.3) is 0 Å². The second-order valence-corrected chi connectivity index (χ2v) is 6.03. The zero-order chi connectivity index (χ0) is 13.8. The summed E-state index contributed by atoms with van der Waals surface area (Å²) in [5, 5.41) is 3.88. The molecule has 2 atom stereocenters.